The Hall–Kier alpha value is -0.0951. The van der Waals surface area contributed by atoms with Gasteiger partial charge in [0.05, 0.1) is 6.61 Å². The number of hydrogen-bond donors (Lipinski definition) is 4. The molecule has 5 unspecified atom stereocenters. The quantitative estimate of drug-likeness (QED) is 0.513. The van der Waals surface area contributed by atoms with E-state index < -0.39 is 0 Å². The van der Waals surface area contributed by atoms with Crippen molar-refractivity contribution in [2.24, 2.45) is 23.5 Å². The average molecular weight is 268 g/mol. The Bertz CT molecular complexity index is 278. The third kappa shape index (κ3) is 3.94. The second-order valence-corrected chi connectivity index (χ2v) is 6.61. The fraction of sp³-hybridized carbons (Fsp3) is 1.00. The third-order valence-electron chi connectivity index (χ3n) is 5.13. The highest BCUT2D eigenvalue weighted by Gasteiger charge is 2.46. The molecule has 0 amide bonds. The molecule has 0 spiro atoms. The lowest BCUT2D eigenvalue weighted by molar-refractivity contribution is 0.276. The maximum absolute atomic E-state index is 9.35. The van der Waals surface area contributed by atoms with Crippen LogP contribution in [0.15, 0.2) is 0 Å². The Morgan fingerprint density at radius 2 is 2.11 bits per heavy atom. The molecule has 2 aliphatic rings. The Balaban J connectivity index is 1.80. The fourth-order valence-corrected chi connectivity index (χ4v) is 4.31. The van der Waals surface area contributed by atoms with Gasteiger partial charge in [0, 0.05) is 18.6 Å². The first-order valence-electron chi connectivity index (χ1n) is 7.89. The molecule has 0 heterocycles. The first-order chi connectivity index (χ1) is 9.11. The van der Waals surface area contributed by atoms with Crippen LogP contribution in [0.1, 0.15) is 32.1 Å². The molecule has 0 radical (unpaired) electrons. The summed E-state index contributed by atoms with van der Waals surface area (Å²) in [5.41, 5.74) is 6.31. The minimum Gasteiger partial charge on any atom is -0.451 e. The van der Waals surface area contributed by atoms with Crippen molar-refractivity contribution >= 4 is 6.92 Å². The van der Waals surface area contributed by atoms with E-state index in [0.29, 0.717) is 24.5 Å². The van der Waals surface area contributed by atoms with Gasteiger partial charge in [-0.2, -0.15) is 0 Å². The lowest BCUT2D eigenvalue weighted by Gasteiger charge is -2.23. The number of fused-ring (bicyclic) bond motifs is 1. The molecule has 0 aliphatic heterocycles. The minimum absolute atomic E-state index is 0.184. The molecule has 0 saturated heterocycles. The maximum Gasteiger partial charge on any atom is 0.285 e. The summed E-state index contributed by atoms with van der Waals surface area (Å²) < 4.78 is 0. The standard InChI is InChI=1S/C14H29BN2O2/c1-15(19)4-2-3-12-13-9-11(17-5-6-18)7-10(13)8-14(12)16/h10-14,17-19H,2-9,16H2,1H3. The van der Waals surface area contributed by atoms with Crippen molar-refractivity contribution in [2.45, 2.75) is 57.3 Å². The average Bonchev–Trinajstić information content (AvgIpc) is 2.85. The zero-order valence-corrected chi connectivity index (χ0v) is 12.1. The predicted molar refractivity (Wildman–Crippen MR) is 79.1 cm³/mol. The summed E-state index contributed by atoms with van der Waals surface area (Å²) in [4.78, 5) is 0. The van der Waals surface area contributed by atoms with E-state index in [1.165, 1.54) is 25.7 Å². The Labute approximate surface area is 117 Å². The number of nitrogens with one attached hydrogen (secondary N) is 1. The van der Waals surface area contributed by atoms with E-state index in [1.807, 2.05) is 6.82 Å². The summed E-state index contributed by atoms with van der Waals surface area (Å²) in [5, 5.41) is 21.7. The first-order valence-corrected chi connectivity index (χ1v) is 7.89. The van der Waals surface area contributed by atoms with Gasteiger partial charge in [0.1, 0.15) is 0 Å². The molecule has 5 heteroatoms. The number of hydrogen-bond acceptors (Lipinski definition) is 4. The Morgan fingerprint density at radius 3 is 2.79 bits per heavy atom. The lowest BCUT2D eigenvalue weighted by atomic mass is 9.66. The number of nitrogens with two attached hydrogens (primary N) is 1. The number of rotatable bonds is 7. The highest BCUT2D eigenvalue weighted by atomic mass is 16.3. The summed E-state index contributed by atoms with van der Waals surface area (Å²) in [6.45, 7) is 2.62. The van der Waals surface area contributed by atoms with E-state index in [9.17, 15) is 5.02 Å². The molecular formula is C14H29BN2O2. The molecule has 2 fully saturated rings. The summed E-state index contributed by atoms with van der Waals surface area (Å²) in [7, 11) is 0. The Morgan fingerprint density at radius 1 is 1.32 bits per heavy atom. The van der Waals surface area contributed by atoms with Crippen LogP contribution in [0.4, 0.5) is 0 Å². The largest absolute Gasteiger partial charge is 0.451 e. The van der Waals surface area contributed by atoms with Crippen LogP contribution < -0.4 is 11.1 Å². The highest BCUT2D eigenvalue weighted by molar-refractivity contribution is 6.48. The first kappa shape index (κ1) is 15.3. The second kappa shape index (κ2) is 7.07. The van der Waals surface area contributed by atoms with Gasteiger partial charge in [0.15, 0.2) is 0 Å². The van der Waals surface area contributed by atoms with E-state index in [1.54, 1.807) is 0 Å². The molecule has 2 saturated carbocycles. The fourth-order valence-electron chi connectivity index (χ4n) is 4.31. The van der Waals surface area contributed by atoms with E-state index in [0.717, 1.165) is 24.6 Å². The van der Waals surface area contributed by atoms with Gasteiger partial charge in [-0.05, 0) is 49.8 Å². The molecule has 5 N–H and O–H groups in total. The molecule has 0 aromatic rings. The molecule has 110 valence electrons. The van der Waals surface area contributed by atoms with Gasteiger partial charge in [0.2, 0.25) is 0 Å². The third-order valence-corrected chi connectivity index (χ3v) is 5.13. The normalized spacial score (nSPS) is 37.6. The lowest BCUT2D eigenvalue weighted by Crippen LogP contribution is -2.33. The van der Waals surface area contributed by atoms with Gasteiger partial charge in [-0.3, -0.25) is 0 Å². The summed E-state index contributed by atoms with van der Waals surface area (Å²) in [5.74, 6) is 2.19. The molecule has 2 rings (SSSR count). The van der Waals surface area contributed by atoms with Crippen LogP contribution >= 0.6 is 0 Å². The van der Waals surface area contributed by atoms with Crippen LogP contribution in [0.3, 0.4) is 0 Å². The molecule has 0 bridgehead atoms. The predicted octanol–water partition coefficient (Wildman–Crippen LogP) is 0.704. The number of aliphatic hydroxyl groups is 1. The zero-order chi connectivity index (χ0) is 13.8. The molecule has 19 heavy (non-hydrogen) atoms. The van der Waals surface area contributed by atoms with Gasteiger partial charge in [-0.25, -0.2) is 0 Å². The molecule has 2 aliphatic carbocycles. The zero-order valence-electron chi connectivity index (χ0n) is 12.1. The summed E-state index contributed by atoms with van der Waals surface area (Å²) in [6, 6.07) is 0.941. The van der Waals surface area contributed by atoms with Gasteiger partial charge in [-0.15, -0.1) is 0 Å². The van der Waals surface area contributed by atoms with Gasteiger partial charge in [0.25, 0.3) is 6.92 Å². The SMILES string of the molecule is CB(O)CCCC1C(N)CC2CC(NCCO)CC21. The van der Waals surface area contributed by atoms with Crippen LogP contribution in [0.25, 0.3) is 0 Å². The van der Waals surface area contributed by atoms with E-state index in [2.05, 4.69) is 5.32 Å². The summed E-state index contributed by atoms with van der Waals surface area (Å²) >= 11 is 0. The smallest absolute Gasteiger partial charge is 0.285 e. The van der Waals surface area contributed by atoms with Crippen molar-refractivity contribution in [2.75, 3.05) is 13.2 Å². The minimum atomic E-state index is -0.184. The van der Waals surface area contributed by atoms with Crippen LogP contribution in [-0.2, 0) is 0 Å². The molecule has 0 aromatic heterocycles. The van der Waals surface area contributed by atoms with Crippen molar-refractivity contribution in [3.63, 3.8) is 0 Å². The van der Waals surface area contributed by atoms with Gasteiger partial charge < -0.3 is 21.2 Å². The maximum atomic E-state index is 9.35. The summed E-state index contributed by atoms with van der Waals surface area (Å²) in [6.07, 6.45) is 6.77. The van der Waals surface area contributed by atoms with Crippen LogP contribution in [-0.4, -0.2) is 42.3 Å². The van der Waals surface area contributed by atoms with Crippen LogP contribution in [0.5, 0.6) is 0 Å². The van der Waals surface area contributed by atoms with Crippen molar-refractivity contribution in [1.29, 1.82) is 0 Å². The van der Waals surface area contributed by atoms with Gasteiger partial charge >= 0.3 is 0 Å². The van der Waals surface area contributed by atoms with E-state index >= 15 is 0 Å². The van der Waals surface area contributed by atoms with E-state index in [4.69, 9.17) is 10.8 Å². The van der Waals surface area contributed by atoms with Crippen molar-refractivity contribution in [1.82, 2.24) is 5.32 Å². The van der Waals surface area contributed by atoms with Crippen LogP contribution in [0, 0.1) is 17.8 Å². The van der Waals surface area contributed by atoms with Crippen molar-refractivity contribution in [3.8, 4) is 0 Å². The number of aliphatic hydroxyl groups excluding tert-OH is 1. The molecule has 0 aromatic carbocycles. The second-order valence-electron chi connectivity index (χ2n) is 6.61. The van der Waals surface area contributed by atoms with E-state index in [-0.39, 0.29) is 13.5 Å². The van der Waals surface area contributed by atoms with Crippen molar-refractivity contribution < 1.29 is 10.1 Å². The topological polar surface area (TPSA) is 78.5 Å². The van der Waals surface area contributed by atoms with Gasteiger partial charge in [-0.1, -0.05) is 13.2 Å². The van der Waals surface area contributed by atoms with Crippen molar-refractivity contribution in [3.05, 3.63) is 0 Å². The Kier molecular flexibility index (Phi) is 5.69. The molecular weight excluding hydrogens is 239 g/mol. The highest BCUT2D eigenvalue weighted by Crippen LogP contribution is 2.48. The molecule has 4 nitrogen and oxygen atoms in total. The molecule has 5 atom stereocenters. The van der Waals surface area contributed by atoms with Crippen LogP contribution in [0.2, 0.25) is 13.1 Å². The monoisotopic (exact) mass is 268 g/mol.